The average Bonchev–Trinajstić information content (AvgIpc) is 2.72. The molecule has 2 rings (SSSR count). The van der Waals surface area contributed by atoms with Gasteiger partial charge in [0.2, 0.25) is 0 Å². The van der Waals surface area contributed by atoms with Crippen molar-refractivity contribution in [2.24, 2.45) is 0 Å². The van der Waals surface area contributed by atoms with Gasteiger partial charge in [0.25, 0.3) is 0 Å². The fourth-order valence-electron chi connectivity index (χ4n) is 2.79. The summed E-state index contributed by atoms with van der Waals surface area (Å²) in [6.45, 7) is 5.00. The zero-order valence-electron chi connectivity index (χ0n) is 18.9. The molecule has 0 saturated carbocycles. The summed E-state index contributed by atoms with van der Waals surface area (Å²) in [4.78, 5) is 8.90. The fourth-order valence-corrected chi connectivity index (χ4v) is 3.11. The molecule has 1 unspecified atom stereocenters. The van der Waals surface area contributed by atoms with E-state index >= 15 is 0 Å². The van der Waals surface area contributed by atoms with Crippen molar-refractivity contribution in [1.29, 1.82) is 10.8 Å². The maximum atomic E-state index is 12.6. The van der Waals surface area contributed by atoms with E-state index in [0.29, 0.717) is 23.5 Å². The standard InChI is InChI=1S/C22H23F6N6P/c1-12(10-13(29)21(23,24)25)31-17-8-4-6-15(32-17)20(2,3)16-7-5-9-18(33-16)34-19(35)11-14(30)22(26,27)28/h4-11,29-30H,35H2,1-3H3,(H,31,32)(H,33,34)/b12-10-,19-11+,29-13?,30-14?. The molecule has 0 fully saturated rings. The Hall–Kier alpha value is -3.27. The van der Waals surface area contributed by atoms with Crippen LogP contribution in [0.15, 0.2) is 59.7 Å². The van der Waals surface area contributed by atoms with E-state index in [-0.39, 0.29) is 22.8 Å². The van der Waals surface area contributed by atoms with E-state index in [2.05, 4.69) is 29.8 Å². The van der Waals surface area contributed by atoms with Crippen LogP contribution in [0.4, 0.5) is 38.0 Å². The third kappa shape index (κ3) is 7.88. The number of hydrogen-bond acceptors (Lipinski definition) is 6. The van der Waals surface area contributed by atoms with Gasteiger partial charge in [-0.2, -0.15) is 26.3 Å². The average molecular weight is 516 g/mol. The second-order valence-corrected chi connectivity index (χ2v) is 8.56. The van der Waals surface area contributed by atoms with Crippen LogP contribution in [0.25, 0.3) is 0 Å². The Kier molecular flexibility index (Phi) is 8.43. The lowest BCUT2D eigenvalue weighted by Gasteiger charge is -2.25. The molecular formula is C22H23F6N6P. The summed E-state index contributed by atoms with van der Waals surface area (Å²) in [5.74, 6) is 0.500. The highest BCUT2D eigenvalue weighted by molar-refractivity contribution is 7.22. The van der Waals surface area contributed by atoms with Crippen LogP contribution in [0.2, 0.25) is 0 Å². The van der Waals surface area contributed by atoms with E-state index in [4.69, 9.17) is 10.8 Å². The van der Waals surface area contributed by atoms with Gasteiger partial charge in [-0.05, 0) is 57.2 Å². The van der Waals surface area contributed by atoms with Crippen LogP contribution in [0.1, 0.15) is 32.2 Å². The van der Waals surface area contributed by atoms with Crippen LogP contribution in [0.5, 0.6) is 0 Å². The van der Waals surface area contributed by atoms with Gasteiger partial charge < -0.3 is 10.6 Å². The highest BCUT2D eigenvalue weighted by Crippen LogP contribution is 2.31. The number of allylic oxidation sites excluding steroid dienone is 3. The van der Waals surface area contributed by atoms with Gasteiger partial charge >= 0.3 is 12.4 Å². The first-order valence-electron chi connectivity index (χ1n) is 9.96. The molecule has 0 aliphatic heterocycles. The van der Waals surface area contributed by atoms with Crippen LogP contribution in [0, 0.1) is 10.8 Å². The summed E-state index contributed by atoms with van der Waals surface area (Å²) < 4.78 is 75.5. The second-order valence-electron chi connectivity index (χ2n) is 7.94. The third-order valence-electron chi connectivity index (χ3n) is 4.65. The van der Waals surface area contributed by atoms with Crippen molar-refractivity contribution in [3.05, 3.63) is 71.1 Å². The lowest BCUT2D eigenvalue weighted by atomic mass is 9.84. The lowest BCUT2D eigenvalue weighted by Crippen LogP contribution is -2.23. The van der Waals surface area contributed by atoms with E-state index < -0.39 is 29.2 Å². The van der Waals surface area contributed by atoms with Crippen molar-refractivity contribution in [1.82, 2.24) is 9.97 Å². The zero-order chi connectivity index (χ0) is 26.6. The van der Waals surface area contributed by atoms with Crippen molar-refractivity contribution >= 4 is 32.3 Å². The predicted molar refractivity (Wildman–Crippen MR) is 127 cm³/mol. The van der Waals surface area contributed by atoms with Gasteiger partial charge in [0.1, 0.15) is 23.1 Å². The van der Waals surface area contributed by atoms with Crippen LogP contribution in [0.3, 0.4) is 0 Å². The molecule has 2 heterocycles. The van der Waals surface area contributed by atoms with E-state index in [1.54, 1.807) is 36.4 Å². The Balaban J connectivity index is 2.27. The molecule has 0 aliphatic rings. The molecule has 6 nitrogen and oxygen atoms in total. The molecule has 0 aliphatic carbocycles. The van der Waals surface area contributed by atoms with Crippen molar-refractivity contribution in [3.8, 4) is 0 Å². The van der Waals surface area contributed by atoms with Gasteiger partial charge in [0, 0.05) is 16.6 Å². The van der Waals surface area contributed by atoms with E-state index in [0.717, 1.165) is 0 Å². The number of anilines is 2. The Morgan fingerprint density at radius 2 is 1.23 bits per heavy atom. The summed E-state index contributed by atoms with van der Waals surface area (Å²) in [7, 11) is 2.08. The van der Waals surface area contributed by atoms with Gasteiger partial charge in [0.05, 0.1) is 11.4 Å². The number of hydrogen-bond donors (Lipinski definition) is 4. The number of aromatic nitrogens is 2. The number of alkyl halides is 6. The maximum absolute atomic E-state index is 12.6. The van der Waals surface area contributed by atoms with Crippen molar-refractivity contribution < 1.29 is 26.3 Å². The Morgan fingerprint density at radius 1 is 0.800 bits per heavy atom. The van der Waals surface area contributed by atoms with E-state index in [1.165, 1.54) is 6.92 Å². The van der Waals surface area contributed by atoms with Gasteiger partial charge in [0.15, 0.2) is 0 Å². The maximum Gasteiger partial charge on any atom is 0.432 e. The minimum Gasteiger partial charge on any atom is -0.344 e. The molecule has 0 saturated heterocycles. The number of nitrogens with zero attached hydrogens (tertiary/aromatic N) is 2. The Labute approximate surface area is 200 Å². The third-order valence-corrected chi connectivity index (χ3v) is 4.96. The Morgan fingerprint density at radius 3 is 1.69 bits per heavy atom. The molecule has 4 N–H and O–H groups in total. The minimum absolute atomic E-state index is 0.00853. The summed E-state index contributed by atoms with van der Waals surface area (Å²) in [5.41, 5.74) is -2.72. The molecule has 2 aromatic rings. The molecule has 0 bridgehead atoms. The molecule has 13 heteroatoms. The van der Waals surface area contributed by atoms with Gasteiger partial charge in [-0.25, -0.2) is 9.97 Å². The van der Waals surface area contributed by atoms with Crippen molar-refractivity contribution in [2.75, 3.05) is 10.6 Å². The number of nitrogens with one attached hydrogen (secondary N) is 4. The molecule has 0 radical (unpaired) electrons. The SMILES string of the molecule is C/C(=C/C(=N)C(F)(F)F)Nc1cccc(C(C)(C)c2cccc(N/C(P)=C\C(=N)C(F)(F)F)n2)n1. The lowest BCUT2D eigenvalue weighted by molar-refractivity contribution is -0.0592. The summed E-state index contributed by atoms with van der Waals surface area (Å²) in [6.07, 6.45) is -8.26. The molecule has 1 atom stereocenters. The normalized spacial score (nSPS) is 13.4. The van der Waals surface area contributed by atoms with E-state index in [9.17, 15) is 26.3 Å². The number of rotatable bonds is 8. The molecule has 0 aromatic carbocycles. The van der Waals surface area contributed by atoms with Crippen molar-refractivity contribution in [2.45, 2.75) is 38.5 Å². The molecular weight excluding hydrogens is 493 g/mol. The first kappa shape index (κ1) is 28.0. The van der Waals surface area contributed by atoms with E-state index in [1.807, 2.05) is 13.8 Å². The molecule has 35 heavy (non-hydrogen) atoms. The molecule has 188 valence electrons. The highest BCUT2D eigenvalue weighted by Gasteiger charge is 2.33. The van der Waals surface area contributed by atoms with Crippen LogP contribution in [-0.4, -0.2) is 33.7 Å². The first-order chi connectivity index (χ1) is 16.0. The van der Waals surface area contributed by atoms with Crippen LogP contribution >= 0.6 is 9.24 Å². The fraction of sp³-hybridized carbons (Fsp3) is 0.273. The van der Waals surface area contributed by atoms with Gasteiger partial charge in [-0.1, -0.05) is 21.4 Å². The molecule has 0 spiro atoms. The smallest absolute Gasteiger partial charge is 0.344 e. The summed E-state index contributed by atoms with van der Waals surface area (Å²) >= 11 is 0. The van der Waals surface area contributed by atoms with Gasteiger partial charge in [-0.3, -0.25) is 10.8 Å². The second kappa shape index (κ2) is 10.6. The monoisotopic (exact) mass is 516 g/mol. The quantitative estimate of drug-likeness (QED) is 0.185. The number of pyridine rings is 2. The molecule has 2 aromatic heterocycles. The van der Waals surface area contributed by atoms with Crippen LogP contribution in [-0.2, 0) is 5.41 Å². The largest absolute Gasteiger partial charge is 0.432 e. The summed E-state index contributed by atoms with van der Waals surface area (Å²) in [6, 6.07) is 9.81. The van der Waals surface area contributed by atoms with Gasteiger partial charge in [-0.15, -0.1) is 0 Å². The number of halogens is 6. The highest BCUT2D eigenvalue weighted by atomic mass is 31.0. The molecule has 0 amide bonds. The minimum atomic E-state index is -4.77. The first-order valence-corrected chi connectivity index (χ1v) is 10.5. The van der Waals surface area contributed by atoms with Crippen molar-refractivity contribution in [3.63, 3.8) is 0 Å². The predicted octanol–water partition coefficient (Wildman–Crippen LogP) is 6.41. The summed E-state index contributed by atoms with van der Waals surface area (Å²) in [5, 5.41) is 19.6. The zero-order valence-corrected chi connectivity index (χ0v) is 20.0. The topological polar surface area (TPSA) is 97.5 Å². The Bertz CT molecular complexity index is 1080. The van der Waals surface area contributed by atoms with Crippen LogP contribution < -0.4 is 10.6 Å².